The fourth-order valence-corrected chi connectivity index (χ4v) is 4.82. The number of nitrogens with two attached hydrogens (primary N) is 1. The number of halogens is 1. The van der Waals surface area contributed by atoms with Crippen molar-refractivity contribution in [2.24, 2.45) is 16.1 Å². The smallest absolute Gasteiger partial charge is 0.238 e. The molecular formula is C19H17FN4OS. The standard InChI is InChI=1S/C19H17FN4OS/c1-18(19(5-6-19)16(25)24(2)17(22)23-18)15-8-13(10-26-15)11-3-4-14(20)12(7-11)9-21/h3-4,7-8,10H,5-6H2,1-2H3,(H2,22,23)/t18-/m1/s1. The minimum Gasteiger partial charge on any atom is -0.369 e. The van der Waals surface area contributed by atoms with Gasteiger partial charge in [0, 0.05) is 11.9 Å². The lowest BCUT2D eigenvalue weighted by Crippen LogP contribution is -2.54. The lowest BCUT2D eigenvalue weighted by molar-refractivity contribution is -0.135. The van der Waals surface area contributed by atoms with Crippen LogP contribution in [-0.2, 0) is 10.3 Å². The largest absolute Gasteiger partial charge is 0.369 e. The van der Waals surface area contributed by atoms with Crippen LogP contribution < -0.4 is 5.73 Å². The molecule has 1 fully saturated rings. The van der Waals surface area contributed by atoms with Crippen LogP contribution in [0.15, 0.2) is 34.6 Å². The summed E-state index contributed by atoms with van der Waals surface area (Å²) in [4.78, 5) is 19.9. The highest BCUT2D eigenvalue weighted by atomic mass is 32.1. The summed E-state index contributed by atoms with van der Waals surface area (Å²) in [5, 5.41) is 11.0. The lowest BCUT2D eigenvalue weighted by Gasteiger charge is -2.40. The van der Waals surface area contributed by atoms with Gasteiger partial charge in [0.1, 0.15) is 17.4 Å². The minimum absolute atomic E-state index is 0.0102. The highest BCUT2D eigenvalue weighted by Crippen LogP contribution is 2.63. The van der Waals surface area contributed by atoms with Crippen molar-refractivity contribution in [2.45, 2.75) is 25.3 Å². The number of nitrogens with zero attached hydrogens (tertiary/aromatic N) is 3. The van der Waals surface area contributed by atoms with Crippen molar-refractivity contribution in [3.05, 3.63) is 45.9 Å². The second kappa shape index (κ2) is 5.39. The van der Waals surface area contributed by atoms with E-state index < -0.39 is 16.8 Å². The van der Waals surface area contributed by atoms with Gasteiger partial charge in [0.05, 0.1) is 11.0 Å². The first-order chi connectivity index (χ1) is 12.3. The van der Waals surface area contributed by atoms with Gasteiger partial charge in [-0.1, -0.05) is 6.07 Å². The molecule has 1 spiro atoms. The van der Waals surface area contributed by atoms with E-state index in [1.54, 1.807) is 13.1 Å². The molecule has 1 aliphatic heterocycles. The van der Waals surface area contributed by atoms with Crippen molar-refractivity contribution in [1.29, 1.82) is 5.26 Å². The van der Waals surface area contributed by atoms with Crippen molar-refractivity contribution in [3.8, 4) is 17.2 Å². The third-order valence-corrected chi connectivity index (χ3v) is 6.72. The Morgan fingerprint density at radius 2 is 2.08 bits per heavy atom. The number of rotatable bonds is 2. The first kappa shape index (κ1) is 16.7. The molecule has 2 aromatic rings. The number of hydrogen-bond acceptors (Lipinski definition) is 5. The number of thiophene rings is 1. The van der Waals surface area contributed by atoms with Crippen molar-refractivity contribution in [2.75, 3.05) is 7.05 Å². The predicted molar refractivity (Wildman–Crippen MR) is 97.8 cm³/mol. The Morgan fingerprint density at radius 3 is 2.73 bits per heavy atom. The van der Waals surface area contributed by atoms with Gasteiger partial charge in [-0.15, -0.1) is 11.3 Å². The third-order valence-electron chi connectivity index (χ3n) is 5.58. The quantitative estimate of drug-likeness (QED) is 0.884. The molecule has 26 heavy (non-hydrogen) atoms. The van der Waals surface area contributed by atoms with Crippen LogP contribution in [0.2, 0.25) is 0 Å². The summed E-state index contributed by atoms with van der Waals surface area (Å²) in [5.74, 6) is -0.302. The zero-order chi connectivity index (χ0) is 18.7. The predicted octanol–water partition coefficient (Wildman–Crippen LogP) is 3.21. The van der Waals surface area contributed by atoms with Crippen molar-refractivity contribution in [3.63, 3.8) is 0 Å². The number of benzene rings is 1. The second-order valence-electron chi connectivity index (χ2n) is 6.99. The van der Waals surface area contributed by atoms with Gasteiger partial charge < -0.3 is 5.73 Å². The first-order valence-corrected chi connectivity index (χ1v) is 9.13. The summed E-state index contributed by atoms with van der Waals surface area (Å²) in [6.45, 7) is 1.96. The van der Waals surface area contributed by atoms with Crippen LogP contribution in [0.3, 0.4) is 0 Å². The molecule has 1 aromatic carbocycles. The molecule has 2 aliphatic rings. The molecule has 2 heterocycles. The molecule has 2 N–H and O–H groups in total. The molecule has 0 saturated heterocycles. The SMILES string of the molecule is CN1C(=O)C2(CC2)[C@@](C)(c2cc(-c3ccc(F)c(C#N)c3)cs2)N=C1N. The third kappa shape index (κ3) is 2.12. The van der Waals surface area contributed by atoms with Crippen LogP contribution >= 0.6 is 11.3 Å². The topological polar surface area (TPSA) is 82.5 Å². The van der Waals surface area contributed by atoms with Crippen LogP contribution in [0, 0.1) is 22.6 Å². The Hall–Kier alpha value is -2.72. The van der Waals surface area contributed by atoms with E-state index in [2.05, 4.69) is 4.99 Å². The monoisotopic (exact) mass is 368 g/mol. The number of carbonyl (C=O) groups excluding carboxylic acids is 1. The Bertz CT molecular complexity index is 1000. The zero-order valence-electron chi connectivity index (χ0n) is 14.4. The lowest BCUT2D eigenvalue weighted by atomic mass is 9.79. The van der Waals surface area contributed by atoms with Gasteiger partial charge in [-0.2, -0.15) is 5.26 Å². The van der Waals surface area contributed by atoms with Gasteiger partial charge in [-0.05, 0) is 54.5 Å². The maximum atomic E-state index is 13.6. The molecular weight excluding hydrogens is 351 g/mol. The van der Waals surface area contributed by atoms with E-state index in [-0.39, 0.29) is 17.4 Å². The number of hydrogen-bond donors (Lipinski definition) is 1. The van der Waals surface area contributed by atoms with Gasteiger partial charge in [0.15, 0.2) is 5.96 Å². The van der Waals surface area contributed by atoms with Crippen molar-refractivity contribution >= 4 is 23.2 Å². The molecule has 1 aromatic heterocycles. The van der Waals surface area contributed by atoms with Gasteiger partial charge >= 0.3 is 0 Å². The van der Waals surface area contributed by atoms with Crippen molar-refractivity contribution in [1.82, 2.24) is 4.90 Å². The summed E-state index contributed by atoms with van der Waals surface area (Å²) < 4.78 is 13.6. The molecule has 1 amide bonds. The summed E-state index contributed by atoms with van der Waals surface area (Å²) in [7, 11) is 1.66. The maximum absolute atomic E-state index is 13.6. The van der Waals surface area contributed by atoms with Crippen molar-refractivity contribution < 1.29 is 9.18 Å². The van der Waals surface area contributed by atoms with Crippen LogP contribution in [0.5, 0.6) is 0 Å². The molecule has 7 heteroatoms. The Morgan fingerprint density at radius 1 is 1.35 bits per heavy atom. The second-order valence-corrected chi connectivity index (χ2v) is 7.91. The highest BCUT2D eigenvalue weighted by molar-refractivity contribution is 7.10. The van der Waals surface area contributed by atoms with Gasteiger partial charge in [0.2, 0.25) is 5.91 Å². The van der Waals surface area contributed by atoms with Crippen LogP contribution in [0.1, 0.15) is 30.2 Å². The average Bonchev–Trinajstić information content (AvgIpc) is 3.29. The first-order valence-electron chi connectivity index (χ1n) is 8.25. The van der Waals surface area contributed by atoms with E-state index >= 15 is 0 Å². The van der Waals surface area contributed by atoms with Crippen LogP contribution in [0.4, 0.5) is 4.39 Å². The number of nitriles is 1. The maximum Gasteiger partial charge on any atom is 0.238 e. The molecule has 132 valence electrons. The normalized spacial score (nSPS) is 23.7. The Kier molecular flexibility index (Phi) is 3.47. The van der Waals surface area contributed by atoms with Gasteiger partial charge in [-0.25, -0.2) is 9.38 Å². The fourth-order valence-electron chi connectivity index (χ4n) is 3.69. The molecule has 1 saturated carbocycles. The molecule has 5 nitrogen and oxygen atoms in total. The molecule has 1 aliphatic carbocycles. The number of guanidine groups is 1. The molecule has 0 bridgehead atoms. The number of carbonyl (C=O) groups is 1. The van der Waals surface area contributed by atoms with E-state index in [0.29, 0.717) is 0 Å². The van der Waals surface area contributed by atoms with Crippen LogP contribution in [0.25, 0.3) is 11.1 Å². The summed E-state index contributed by atoms with van der Waals surface area (Å²) in [6.07, 6.45) is 1.57. The number of amides is 1. The van der Waals surface area contributed by atoms with E-state index in [1.165, 1.54) is 28.4 Å². The minimum atomic E-state index is -0.707. The Balaban J connectivity index is 1.79. The van der Waals surface area contributed by atoms with Gasteiger partial charge in [0.25, 0.3) is 0 Å². The fraction of sp³-hybridized carbons (Fsp3) is 0.316. The van der Waals surface area contributed by atoms with E-state index in [4.69, 9.17) is 11.0 Å². The Labute approximate surface area is 154 Å². The zero-order valence-corrected chi connectivity index (χ0v) is 15.2. The number of aliphatic imine (C=N–C) groups is 1. The summed E-state index contributed by atoms with van der Waals surface area (Å²) in [6, 6.07) is 8.31. The summed E-state index contributed by atoms with van der Waals surface area (Å²) >= 11 is 1.50. The summed E-state index contributed by atoms with van der Waals surface area (Å²) in [5.41, 5.74) is 6.39. The van der Waals surface area contributed by atoms with Gasteiger partial charge in [-0.3, -0.25) is 9.69 Å². The average molecular weight is 368 g/mol. The van der Waals surface area contributed by atoms with Crippen LogP contribution in [-0.4, -0.2) is 23.8 Å². The molecule has 0 radical (unpaired) electrons. The highest BCUT2D eigenvalue weighted by Gasteiger charge is 2.66. The van der Waals surface area contributed by atoms with E-state index in [9.17, 15) is 9.18 Å². The van der Waals surface area contributed by atoms with E-state index in [0.717, 1.165) is 28.8 Å². The molecule has 1 atom stereocenters. The molecule has 0 unspecified atom stereocenters. The van der Waals surface area contributed by atoms with E-state index in [1.807, 2.05) is 24.4 Å². The molecule has 4 rings (SSSR count).